The molecule has 0 atom stereocenters. The zero-order valence-corrected chi connectivity index (χ0v) is 33.1. The summed E-state index contributed by atoms with van der Waals surface area (Å²) in [6, 6.07) is 88.8. The van der Waals surface area contributed by atoms with Crippen molar-refractivity contribution in [3.8, 4) is 77.9 Å². The van der Waals surface area contributed by atoms with E-state index in [4.69, 9.17) is 0 Å². The summed E-state index contributed by atoms with van der Waals surface area (Å²) >= 11 is 0. The maximum absolute atomic E-state index is 2.44. The van der Waals surface area contributed by atoms with Gasteiger partial charge in [0.05, 0.1) is 0 Å². The third-order valence-electron chi connectivity index (χ3n) is 12.1. The van der Waals surface area contributed by atoms with Gasteiger partial charge in [-0.3, -0.25) is 0 Å². The van der Waals surface area contributed by atoms with Crippen LogP contribution in [0.2, 0.25) is 0 Å². The van der Waals surface area contributed by atoms with Gasteiger partial charge in [0, 0.05) is 0 Å². The zero-order valence-electron chi connectivity index (χ0n) is 33.1. The summed E-state index contributed by atoms with van der Waals surface area (Å²) in [6.07, 6.45) is 0. The van der Waals surface area contributed by atoms with Crippen LogP contribution >= 0.6 is 0 Å². The van der Waals surface area contributed by atoms with Crippen LogP contribution in [0.5, 0.6) is 0 Å². The predicted molar refractivity (Wildman–Crippen MR) is 257 cm³/mol. The lowest BCUT2D eigenvalue weighted by Crippen LogP contribution is -1.92. The van der Waals surface area contributed by atoms with Gasteiger partial charge in [-0.25, -0.2) is 0 Å². The molecule has 11 rings (SSSR count). The molecule has 0 heterocycles. The van der Waals surface area contributed by atoms with Crippen molar-refractivity contribution in [2.24, 2.45) is 0 Å². The molecule has 0 aliphatic heterocycles. The van der Waals surface area contributed by atoms with Crippen LogP contribution in [0.1, 0.15) is 0 Å². The molecule has 0 radical (unpaired) electrons. The molecule has 60 heavy (non-hydrogen) atoms. The molecule has 0 aliphatic carbocycles. The fourth-order valence-corrected chi connectivity index (χ4v) is 9.33. The lowest BCUT2D eigenvalue weighted by atomic mass is 9.84. The van der Waals surface area contributed by atoms with Gasteiger partial charge in [-0.15, -0.1) is 0 Å². The smallest absolute Gasteiger partial charge is 0.00261 e. The van der Waals surface area contributed by atoms with Gasteiger partial charge in [-0.1, -0.05) is 218 Å². The lowest BCUT2D eigenvalue weighted by molar-refractivity contribution is 1.57. The molecule has 0 bridgehead atoms. The Kier molecular flexibility index (Phi) is 8.95. The molecule has 0 N–H and O–H groups in total. The van der Waals surface area contributed by atoms with Gasteiger partial charge in [-0.2, -0.15) is 0 Å². The molecule has 0 saturated heterocycles. The van der Waals surface area contributed by atoms with Gasteiger partial charge in [0.25, 0.3) is 0 Å². The Bertz CT molecular complexity index is 3280. The summed E-state index contributed by atoms with van der Waals surface area (Å²) in [5.74, 6) is 0. The Hall–Kier alpha value is -7.80. The average molecular weight is 761 g/mol. The molecule has 280 valence electrons. The van der Waals surface area contributed by atoms with E-state index in [2.05, 4.69) is 243 Å². The summed E-state index contributed by atoms with van der Waals surface area (Å²) < 4.78 is 0. The maximum Gasteiger partial charge on any atom is -0.00261 e. The van der Waals surface area contributed by atoms with Crippen molar-refractivity contribution in [1.29, 1.82) is 0 Å². The molecule has 0 saturated carbocycles. The van der Waals surface area contributed by atoms with Crippen molar-refractivity contribution in [2.45, 2.75) is 0 Å². The first-order chi connectivity index (χ1) is 29.8. The van der Waals surface area contributed by atoms with Crippen molar-refractivity contribution in [3.63, 3.8) is 0 Å². The van der Waals surface area contributed by atoms with Crippen LogP contribution in [0.3, 0.4) is 0 Å². The van der Waals surface area contributed by atoms with Gasteiger partial charge in [0.2, 0.25) is 0 Å². The van der Waals surface area contributed by atoms with Crippen molar-refractivity contribution >= 4 is 32.3 Å². The highest BCUT2D eigenvalue weighted by molar-refractivity contribution is 6.22. The van der Waals surface area contributed by atoms with Gasteiger partial charge in [-0.05, 0) is 134 Å². The summed E-state index contributed by atoms with van der Waals surface area (Å²) in [4.78, 5) is 0. The van der Waals surface area contributed by atoms with E-state index in [-0.39, 0.29) is 0 Å². The highest BCUT2D eigenvalue weighted by Crippen LogP contribution is 2.46. The van der Waals surface area contributed by atoms with Crippen LogP contribution in [0.4, 0.5) is 0 Å². The highest BCUT2D eigenvalue weighted by Gasteiger charge is 2.19. The molecule has 0 aromatic heterocycles. The third-order valence-corrected chi connectivity index (χ3v) is 12.1. The van der Waals surface area contributed by atoms with Crippen LogP contribution in [0.15, 0.2) is 243 Å². The Balaban J connectivity index is 1.17. The zero-order chi connectivity index (χ0) is 39.8. The number of benzene rings is 11. The minimum Gasteiger partial charge on any atom is -0.0622 e. The van der Waals surface area contributed by atoms with Gasteiger partial charge in [0.15, 0.2) is 0 Å². The molecule has 11 aromatic rings. The first kappa shape index (κ1) is 35.4. The van der Waals surface area contributed by atoms with Gasteiger partial charge >= 0.3 is 0 Å². The standard InChI is InChI=1S/C60H40/c1-4-19-41(20-5-1)49-27-10-12-29-51(49)44-25-18-26-45(37-44)58-40-48(52-30-13-11-28-50(52)42-21-6-2-7-22-42)38-46-35-36-47(39-57(46)58)60-55-33-16-14-31-53(55)59(43-23-8-3-9-24-43)54-32-15-17-34-56(54)60/h1-40H. The van der Waals surface area contributed by atoms with E-state index in [1.54, 1.807) is 0 Å². The lowest BCUT2D eigenvalue weighted by Gasteiger charge is -2.19. The minimum atomic E-state index is 1.19. The second-order valence-corrected chi connectivity index (χ2v) is 15.6. The van der Waals surface area contributed by atoms with E-state index in [1.165, 1.54) is 110 Å². The number of hydrogen-bond acceptors (Lipinski definition) is 0. The Labute approximate surface area is 351 Å². The SMILES string of the molecule is c1ccc(-c2ccccc2-c2cccc(-c3cc(-c4ccccc4-c4ccccc4)cc4ccc(-c5c6ccccc6c(-c6ccccc6)c6ccccc56)cc34)c2)cc1. The minimum absolute atomic E-state index is 1.19. The molecule has 0 fully saturated rings. The van der Waals surface area contributed by atoms with E-state index in [0.29, 0.717) is 0 Å². The molecular weight excluding hydrogens is 721 g/mol. The largest absolute Gasteiger partial charge is 0.0622 e. The van der Waals surface area contributed by atoms with Crippen molar-refractivity contribution in [2.75, 3.05) is 0 Å². The number of rotatable bonds is 7. The van der Waals surface area contributed by atoms with Crippen molar-refractivity contribution in [3.05, 3.63) is 243 Å². The first-order valence-corrected chi connectivity index (χ1v) is 20.8. The summed E-state index contributed by atoms with van der Waals surface area (Å²) in [7, 11) is 0. The summed E-state index contributed by atoms with van der Waals surface area (Å²) in [5.41, 5.74) is 17.1. The monoisotopic (exact) mass is 760 g/mol. The van der Waals surface area contributed by atoms with Crippen LogP contribution in [-0.4, -0.2) is 0 Å². The molecule has 0 nitrogen and oxygen atoms in total. The maximum atomic E-state index is 2.44. The first-order valence-electron chi connectivity index (χ1n) is 20.8. The second kappa shape index (κ2) is 15.2. The van der Waals surface area contributed by atoms with Gasteiger partial charge < -0.3 is 0 Å². The molecule has 11 aromatic carbocycles. The fraction of sp³-hybridized carbons (Fsp3) is 0. The van der Waals surface area contributed by atoms with Crippen LogP contribution < -0.4 is 0 Å². The molecule has 0 amide bonds. The normalized spacial score (nSPS) is 11.3. The van der Waals surface area contributed by atoms with E-state index < -0.39 is 0 Å². The third kappa shape index (κ3) is 6.27. The molecule has 0 spiro atoms. The van der Waals surface area contributed by atoms with Crippen LogP contribution in [0.25, 0.3) is 110 Å². The van der Waals surface area contributed by atoms with E-state index in [9.17, 15) is 0 Å². The van der Waals surface area contributed by atoms with Crippen molar-refractivity contribution < 1.29 is 0 Å². The van der Waals surface area contributed by atoms with Crippen LogP contribution in [-0.2, 0) is 0 Å². The summed E-state index contributed by atoms with van der Waals surface area (Å²) in [6.45, 7) is 0. The van der Waals surface area contributed by atoms with E-state index >= 15 is 0 Å². The molecule has 0 aliphatic rings. The Morgan fingerprint density at radius 1 is 0.167 bits per heavy atom. The second-order valence-electron chi connectivity index (χ2n) is 15.6. The highest BCUT2D eigenvalue weighted by atomic mass is 14.2. The molecule has 0 heteroatoms. The molecule has 0 unspecified atom stereocenters. The summed E-state index contributed by atoms with van der Waals surface area (Å²) in [5, 5.41) is 7.46. The quantitative estimate of drug-likeness (QED) is 0.142. The number of hydrogen-bond donors (Lipinski definition) is 0. The molecular formula is C60H40. The van der Waals surface area contributed by atoms with E-state index in [1.807, 2.05) is 0 Å². The van der Waals surface area contributed by atoms with Crippen LogP contribution in [0, 0.1) is 0 Å². The van der Waals surface area contributed by atoms with Crippen molar-refractivity contribution in [1.82, 2.24) is 0 Å². The number of fused-ring (bicyclic) bond motifs is 3. The average Bonchev–Trinajstić information content (AvgIpc) is 3.33. The van der Waals surface area contributed by atoms with E-state index in [0.717, 1.165) is 0 Å². The van der Waals surface area contributed by atoms with Gasteiger partial charge in [0.1, 0.15) is 0 Å². The predicted octanol–water partition coefficient (Wildman–Crippen LogP) is 16.8. The topological polar surface area (TPSA) is 0 Å². The Morgan fingerprint density at radius 2 is 0.550 bits per heavy atom. The fourth-order valence-electron chi connectivity index (χ4n) is 9.33. The Morgan fingerprint density at radius 3 is 1.07 bits per heavy atom.